The molecule has 3 aromatic rings. The summed E-state index contributed by atoms with van der Waals surface area (Å²) in [5.41, 5.74) is 7.99. The van der Waals surface area contributed by atoms with Gasteiger partial charge in [0.25, 0.3) is 0 Å². The molecule has 30 heavy (non-hydrogen) atoms. The molecule has 6 heteroatoms. The van der Waals surface area contributed by atoms with Gasteiger partial charge in [-0.15, -0.1) is 0 Å². The SMILES string of the molecule is CC(C)N1CCC(N)CC1.O=C(O)c1cc2ccccc2n1Cc1ccc(Cl)cc1. The van der Waals surface area contributed by atoms with E-state index in [1.165, 1.54) is 25.9 Å². The van der Waals surface area contributed by atoms with Crippen molar-refractivity contribution in [2.24, 2.45) is 5.73 Å². The third-order valence-corrected chi connectivity index (χ3v) is 5.84. The molecule has 1 aliphatic heterocycles. The number of rotatable bonds is 4. The number of carboxylic acid groups (broad SMARTS) is 1. The molecule has 0 spiro atoms. The van der Waals surface area contributed by atoms with Gasteiger partial charge in [-0.3, -0.25) is 0 Å². The molecule has 2 heterocycles. The number of benzene rings is 2. The molecule has 160 valence electrons. The number of hydrogen-bond acceptors (Lipinski definition) is 3. The van der Waals surface area contributed by atoms with Gasteiger partial charge in [-0.05, 0) is 69.6 Å². The van der Waals surface area contributed by atoms with Gasteiger partial charge in [-0.1, -0.05) is 41.9 Å². The van der Waals surface area contributed by atoms with Gasteiger partial charge in [-0.25, -0.2) is 4.79 Å². The van der Waals surface area contributed by atoms with E-state index in [2.05, 4.69) is 18.7 Å². The van der Waals surface area contributed by atoms with E-state index in [4.69, 9.17) is 17.3 Å². The highest BCUT2D eigenvalue weighted by Gasteiger charge is 2.17. The molecule has 1 saturated heterocycles. The third-order valence-electron chi connectivity index (χ3n) is 5.59. The van der Waals surface area contributed by atoms with Crippen LogP contribution in [0.3, 0.4) is 0 Å². The number of aromatic nitrogens is 1. The Morgan fingerprint density at radius 3 is 2.37 bits per heavy atom. The van der Waals surface area contributed by atoms with E-state index in [9.17, 15) is 9.90 Å². The molecular formula is C24H30ClN3O2. The van der Waals surface area contributed by atoms with Crippen molar-refractivity contribution in [1.29, 1.82) is 0 Å². The summed E-state index contributed by atoms with van der Waals surface area (Å²) in [7, 11) is 0. The van der Waals surface area contributed by atoms with Crippen molar-refractivity contribution in [3.63, 3.8) is 0 Å². The number of nitrogens with zero attached hydrogens (tertiary/aromatic N) is 2. The Morgan fingerprint density at radius 1 is 1.13 bits per heavy atom. The number of carbonyl (C=O) groups is 1. The summed E-state index contributed by atoms with van der Waals surface area (Å²) in [5, 5.41) is 10.9. The summed E-state index contributed by atoms with van der Waals surface area (Å²) in [6, 6.07) is 18.0. The zero-order valence-corrected chi connectivity index (χ0v) is 18.3. The van der Waals surface area contributed by atoms with Gasteiger partial charge >= 0.3 is 5.97 Å². The molecule has 0 radical (unpaired) electrons. The Morgan fingerprint density at radius 2 is 1.77 bits per heavy atom. The summed E-state index contributed by atoms with van der Waals surface area (Å²) in [5.74, 6) is -0.921. The predicted molar refractivity (Wildman–Crippen MR) is 123 cm³/mol. The van der Waals surface area contributed by atoms with Gasteiger partial charge < -0.3 is 20.3 Å². The van der Waals surface area contributed by atoms with Crippen LogP contribution in [0, 0.1) is 0 Å². The van der Waals surface area contributed by atoms with E-state index >= 15 is 0 Å². The fourth-order valence-electron chi connectivity index (χ4n) is 3.77. The minimum Gasteiger partial charge on any atom is -0.477 e. The number of para-hydroxylation sites is 1. The van der Waals surface area contributed by atoms with E-state index in [0.717, 1.165) is 16.5 Å². The van der Waals surface area contributed by atoms with Crippen LogP contribution in [0.2, 0.25) is 5.02 Å². The number of carboxylic acids is 1. The Bertz CT molecular complexity index is 974. The fraction of sp³-hybridized carbons (Fsp3) is 0.375. The standard InChI is InChI=1S/C16H12ClNO2.C8H18N2/c17-13-7-5-11(6-8-13)10-18-14-4-2-1-3-12(14)9-15(18)16(19)20;1-7(2)10-5-3-8(9)4-6-10/h1-9H,10H2,(H,19,20);7-8H,3-6,9H2,1-2H3. The lowest BCUT2D eigenvalue weighted by molar-refractivity contribution is 0.0686. The maximum absolute atomic E-state index is 11.4. The molecular weight excluding hydrogens is 398 g/mol. The molecule has 1 aliphatic rings. The first-order valence-electron chi connectivity index (χ1n) is 10.4. The van der Waals surface area contributed by atoms with Crippen molar-refractivity contribution in [3.05, 3.63) is 70.9 Å². The van der Waals surface area contributed by atoms with E-state index in [1.54, 1.807) is 10.6 Å². The fourth-order valence-corrected chi connectivity index (χ4v) is 3.89. The third kappa shape index (κ3) is 5.63. The zero-order chi connectivity index (χ0) is 21.7. The number of likely N-dealkylation sites (tertiary alicyclic amines) is 1. The maximum atomic E-state index is 11.4. The summed E-state index contributed by atoms with van der Waals surface area (Å²) in [4.78, 5) is 13.9. The van der Waals surface area contributed by atoms with E-state index in [0.29, 0.717) is 29.3 Å². The predicted octanol–water partition coefficient (Wildman–Crippen LogP) is 4.86. The summed E-state index contributed by atoms with van der Waals surface area (Å²) < 4.78 is 1.81. The zero-order valence-electron chi connectivity index (χ0n) is 17.6. The van der Waals surface area contributed by atoms with Crippen LogP contribution in [0.1, 0.15) is 42.7 Å². The molecule has 0 unspecified atom stereocenters. The second-order valence-corrected chi connectivity index (χ2v) is 8.51. The molecule has 3 N–H and O–H groups in total. The van der Waals surface area contributed by atoms with Crippen molar-refractivity contribution in [3.8, 4) is 0 Å². The largest absolute Gasteiger partial charge is 0.477 e. The van der Waals surface area contributed by atoms with Gasteiger partial charge in [0.2, 0.25) is 0 Å². The number of fused-ring (bicyclic) bond motifs is 1. The van der Waals surface area contributed by atoms with Crippen molar-refractivity contribution >= 4 is 28.5 Å². The van der Waals surface area contributed by atoms with E-state index in [-0.39, 0.29) is 0 Å². The summed E-state index contributed by atoms with van der Waals surface area (Å²) >= 11 is 5.87. The normalized spacial score (nSPS) is 15.2. The van der Waals surface area contributed by atoms with Crippen LogP contribution in [0.4, 0.5) is 0 Å². The van der Waals surface area contributed by atoms with Crippen LogP contribution in [-0.4, -0.2) is 45.7 Å². The van der Waals surface area contributed by atoms with Gasteiger partial charge in [0.1, 0.15) is 5.69 Å². The van der Waals surface area contributed by atoms with Crippen LogP contribution < -0.4 is 5.73 Å². The molecule has 1 fully saturated rings. The number of piperidine rings is 1. The van der Waals surface area contributed by atoms with Crippen molar-refractivity contribution in [2.45, 2.75) is 45.3 Å². The second-order valence-electron chi connectivity index (χ2n) is 8.07. The van der Waals surface area contributed by atoms with Gasteiger partial charge in [-0.2, -0.15) is 0 Å². The molecule has 0 aliphatic carbocycles. The van der Waals surface area contributed by atoms with Gasteiger partial charge in [0, 0.05) is 34.6 Å². The average Bonchev–Trinajstić information content (AvgIpc) is 3.09. The highest BCUT2D eigenvalue weighted by molar-refractivity contribution is 6.30. The highest BCUT2D eigenvalue weighted by atomic mass is 35.5. The Kier molecular flexibility index (Phi) is 7.53. The van der Waals surface area contributed by atoms with Crippen LogP contribution in [0.15, 0.2) is 54.6 Å². The molecule has 5 nitrogen and oxygen atoms in total. The molecule has 1 aromatic heterocycles. The smallest absolute Gasteiger partial charge is 0.352 e. The number of halogens is 1. The molecule has 0 bridgehead atoms. The molecule has 0 amide bonds. The number of hydrogen-bond donors (Lipinski definition) is 2. The van der Waals surface area contributed by atoms with E-state index in [1.807, 2.05) is 48.5 Å². The first-order valence-corrected chi connectivity index (χ1v) is 10.8. The van der Waals surface area contributed by atoms with Crippen LogP contribution >= 0.6 is 11.6 Å². The average molecular weight is 428 g/mol. The lowest BCUT2D eigenvalue weighted by Gasteiger charge is -2.32. The molecule has 2 aromatic carbocycles. The number of aromatic carboxylic acids is 1. The first-order chi connectivity index (χ1) is 14.3. The summed E-state index contributed by atoms with van der Waals surface area (Å²) in [6.45, 7) is 7.39. The molecule has 0 atom stereocenters. The Balaban J connectivity index is 0.000000216. The van der Waals surface area contributed by atoms with E-state index < -0.39 is 5.97 Å². The highest BCUT2D eigenvalue weighted by Crippen LogP contribution is 2.22. The van der Waals surface area contributed by atoms with Crippen molar-refractivity contribution < 1.29 is 9.90 Å². The molecule has 4 rings (SSSR count). The van der Waals surface area contributed by atoms with Gasteiger partial charge in [0.15, 0.2) is 0 Å². The van der Waals surface area contributed by atoms with Crippen LogP contribution in [0.5, 0.6) is 0 Å². The summed E-state index contributed by atoms with van der Waals surface area (Å²) in [6.07, 6.45) is 2.36. The second kappa shape index (κ2) is 10.1. The van der Waals surface area contributed by atoms with Crippen LogP contribution in [0.25, 0.3) is 10.9 Å². The van der Waals surface area contributed by atoms with Crippen LogP contribution in [-0.2, 0) is 6.54 Å². The minimum absolute atomic E-state index is 0.293. The maximum Gasteiger partial charge on any atom is 0.352 e. The lowest BCUT2D eigenvalue weighted by Crippen LogP contribution is -2.42. The minimum atomic E-state index is -0.921. The monoisotopic (exact) mass is 427 g/mol. The molecule has 0 saturated carbocycles. The number of nitrogens with two attached hydrogens (primary N) is 1. The Hall–Kier alpha value is -2.34. The Labute approximate surface area is 183 Å². The first kappa shape index (κ1) is 22.3. The van der Waals surface area contributed by atoms with Crippen molar-refractivity contribution in [2.75, 3.05) is 13.1 Å². The van der Waals surface area contributed by atoms with Crippen molar-refractivity contribution in [1.82, 2.24) is 9.47 Å². The quantitative estimate of drug-likeness (QED) is 0.623. The lowest BCUT2D eigenvalue weighted by atomic mass is 10.1. The van der Waals surface area contributed by atoms with Gasteiger partial charge in [0.05, 0.1) is 0 Å². The topological polar surface area (TPSA) is 71.5 Å².